The minimum atomic E-state index is -0.711. The summed E-state index contributed by atoms with van der Waals surface area (Å²) in [6, 6.07) is 0. The predicted molar refractivity (Wildman–Crippen MR) is 77.2 cm³/mol. The van der Waals surface area contributed by atoms with Gasteiger partial charge in [0.05, 0.1) is 6.61 Å². The molecule has 1 N–H and O–H groups in total. The third-order valence-corrected chi connectivity index (χ3v) is 2.42. The molecule has 0 aliphatic carbocycles. The van der Waals surface area contributed by atoms with Crippen LogP contribution in [-0.2, 0) is 14.3 Å². The zero-order valence-corrected chi connectivity index (χ0v) is 12.7. The predicted octanol–water partition coefficient (Wildman–Crippen LogP) is 4.17. The fourth-order valence-electron chi connectivity index (χ4n) is 1.37. The van der Waals surface area contributed by atoms with Crippen LogP contribution in [0.15, 0.2) is 0 Å². The Morgan fingerprint density at radius 3 is 1.89 bits per heavy atom. The van der Waals surface area contributed by atoms with Crippen LogP contribution in [-0.4, -0.2) is 23.7 Å². The van der Waals surface area contributed by atoms with Crippen LogP contribution >= 0.6 is 0 Å². The number of carboxylic acids is 1. The number of unbranched alkanes of at least 4 members (excludes halogenated alkanes) is 4. The number of aliphatic carboxylic acids is 1. The van der Waals surface area contributed by atoms with Crippen molar-refractivity contribution in [2.24, 2.45) is 0 Å². The number of rotatable bonds is 10. The normalized spacial score (nSPS) is 9.42. The lowest BCUT2D eigenvalue weighted by molar-refractivity contribution is -0.143. The third kappa shape index (κ3) is 22.6. The quantitative estimate of drug-likeness (QED) is 0.479. The molecule has 0 aromatic rings. The first-order valence-electron chi connectivity index (χ1n) is 7.45. The molecule has 4 heteroatoms. The molecule has 0 fully saturated rings. The van der Waals surface area contributed by atoms with Crippen LogP contribution in [0, 0.1) is 0 Å². The summed E-state index contributed by atoms with van der Waals surface area (Å²) in [5, 5.41) is 7.91. The Hall–Kier alpha value is -1.06. The van der Waals surface area contributed by atoms with Crippen molar-refractivity contribution in [1.82, 2.24) is 0 Å². The highest BCUT2D eigenvalue weighted by Gasteiger charge is 2.00. The lowest BCUT2D eigenvalue weighted by Gasteiger charge is -2.02. The molecule has 0 aromatic carbocycles. The van der Waals surface area contributed by atoms with Crippen LogP contribution < -0.4 is 0 Å². The van der Waals surface area contributed by atoms with E-state index in [2.05, 4.69) is 6.92 Å². The number of hydrogen-bond donors (Lipinski definition) is 1. The van der Waals surface area contributed by atoms with Gasteiger partial charge in [-0.25, -0.2) is 0 Å². The minimum absolute atomic E-state index is 0.0293. The van der Waals surface area contributed by atoms with Gasteiger partial charge < -0.3 is 9.84 Å². The van der Waals surface area contributed by atoms with Gasteiger partial charge in [-0.15, -0.1) is 0 Å². The van der Waals surface area contributed by atoms with Gasteiger partial charge >= 0.3 is 11.9 Å². The molecule has 0 atom stereocenters. The monoisotopic (exact) mass is 274 g/mol. The number of carbonyl (C=O) groups excluding carboxylic acids is 1. The fraction of sp³-hybridized carbons (Fsp3) is 0.867. The molecule has 4 nitrogen and oxygen atoms in total. The van der Waals surface area contributed by atoms with Crippen molar-refractivity contribution in [1.29, 1.82) is 0 Å². The van der Waals surface area contributed by atoms with E-state index in [-0.39, 0.29) is 5.97 Å². The summed E-state index contributed by atoms with van der Waals surface area (Å²) >= 11 is 0. The molecule has 0 spiro atoms. The molecular formula is C15H30O4. The van der Waals surface area contributed by atoms with Gasteiger partial charge in [0.2, 0.25) is 0 Å². The molecule has 0 bridgehead atoms. The number of hydrogen-bond acceptors (Lipinski definition) is 3. The first-order chi connectivity index (χ1) is 9.08. The molecule has 0 aromatic heterocycles. The maximum atomic E-state index is 11.0. The van der Waals surface area contributed by atoms with Crippen LogP contribution in [0.2, 0.25) is 0 Å². The Bertz CT molecular complexity index is 214. The molecule has 0 aliphatic rings. The lowest BCUT2D eigenvalue weighted by atomic mass is 10.1. The van der Waals surface area contributed by atoms with Crippen LogP contribution in [0.5, 0.6) is 0 Å². The number of esters is 1. The molecule has 0 radical (unpaired) electrons. The van der Waals surface area contributed by atoms with E-state index in [1.165, 1.54) is 19.3 Å². The second-order valence-corrected chi connectivity index (χ2v) is 4.53. The highest BCUT2D eigenvalue weighted by molar-refractivity contribution is 5.69. The smallest absolute Gasteiger partial charge is 0.305 e. The zero-order valence-electron chi connectivity index (χ0n) is 12.7. The van der Waals surface area contributed by atoms with Crippen molar-refractivity contribution in [3.8, 4) is 0 Å². The second-order valence-electron chi connectivity index (χ2n) is 4.53. The minimum Gasteiger partial charge on any atom is -0.481 e. The number of ether oxygens (including phenoxy) is 1. The average Bonchev–Trinajstić information content (AvgIpc) is 2.36. The van der Waals surface area contributed by atoms with Crippen molar-refractivity contribution in [2.45, 2.75) is 78.6 Å². The Morgan fingerprint density at radius 1 is 0.842 bits per heavy atom. The van der Waals surface area contributed by atoms with Gasteiger partial charge in [0.15, 0.2) is 0 Å². The molecule has 0 amide bonds. The molecule has 0 unspecified atom stereocenters. The van der Waals surface area contributed by atoms with Gasteiger partial charge in [0.1, 0.15) is 0 Å². The molecule has 0 saturated carbocycles. The average molecular weight is 274 g/mol. The molecule has 0 rings (SSSR count). The van der Waals surface area contributed by atoms with Crippen molar-refractivity contribution in [2.75, 3.05) is 6.61 Å². The Morgan fingerprint density at radius 2 is 1.47 bits per heavy atom. The van der Waals surface area contributed by atoms with Crippen LogP contribution in [0.1, 0.15) is 78.6 Å². The summed E-state index contributed by atoms with van der Waals surface area (Å²) in [7, 11) is 0. The molecular weight excluding hydrogens is 244 g/mol. The third-order valence-electron chi connectivity index (χ3n) is 2.42. The van der Waals surface area contributed by atoms with Crippen molar-refractivity contribution in [3.63, 3.8) is 0 Å². The molecule has 0 aliphatic heterocycles. The number of carboxylic acid groups (broad SMARTS) is 1. The van der Waals surface area contributed by atoms with E-state index in [1.54, 1.807) is 0 Å². The van der Waals surface area contributed by atoms with Gasteiger partial charge in [-0.1, -0.05) is 46.5 Å². The van der Waals surface area contributed by atoms with E-state index in [9.17, 15) is 9.59 Å². The van der Waals surface area contributed by atoms with E-state index in [0.717, 1.165) is 25.7 Å². The van der Waals surface area contributed by atoms with Crippen LogP contribution in [0.25, 0.3) is 0 Å². The summed E-state index contributed by atoms with van der Waals surface area (Å²) < 4.78 is 4.96. The first kappa shape index (κ1) is 20.3. The maximum absolute atomic E-state index is 11.0. The SMILES string of the molecule is CCCC(=O)O.CCCCCCCC(=O)OCCC. The molecule has 0 heterocycles. The van der Waals surface area contributed by atoms with Crippen molar-refractivity contribution in [3.05, 3.63) is 0 Å². The number of carbonyl (C=O) groups is 2. The maximum Gasteiger partial charge on any atom is 0.305 e. The topological polar surface area (TPSA) is 63.6 Å². The van der Waals surface area contributed by atoms with E-state index in [1.807, 2.05) is 13.8 Å². The Balaban J connectivity index is 0. The summed E-state index contributed by atoms with van der Waals surface area (Å²) in [6.07, 6.45) is 8.47. The van der Waals surface area contributed by atoms with Crippen molar-refractivity contribution >= 4 is 11.9 Å². The van der Waals surface area contributed by atoms with E-state index in [0.29, 0.717) is 19.4 Å². The van der Waals surface area contributed by atoms with E-state index in [4.69, 9.17) is 9.84 Å². The van der Waals surface area contributed by atoms with Crippen LogP contribution in [0.3, 0.4) is 0 Å². The van der Waals surface area contributed by atoms with Gasteiger partial charge in [-0.3, -0.25) is 9.59 Å². The largest absolute Gasteiger partial charge is 0.481 e. The standard InChI is InChI=1S/C11H22O2.C4H8O2/c1-3-5-6-7-8-9-11(12)13-10-4-2;1-2-3-4(5)6/h3-10H2,1-2H3;2-3H2,1H3,(H,5,6). The summed E-state index contributed by atoms with van der Waals surface area (Å²) in [5.41, 5.74) is 0. The van der Waals surface area contributed by atoms with E-state index < -0.39 is 5.97 Å². The fourth-order valence-corrected chi connectivity index (χ4v) is 1.37. The summed E-state index contributed by atoms with van der Waals surface area (Å²) in [4.78, 5) is 20.6. The van der Waals surface area contributed by atoms with Crippen LogP contribution in [0.4, 0.5) is 0 Å². The van der Waals surface area contributed by atoms with Crippen molar-refractivity contribution < 1.29 is 19.4 Å². The summed E-state index contributed by atoms with van der Waals surface area (Å²) in [5.74, 6) is -0.740. The van der Waals surface area contributed by atoms with Gasteiger partial charge in [0, 0.05) is 12.8 Å². The van der Waals surface area contributed by atoms with Gasteiger partial charge in [-0.2, -0.15) is 0 Å². The van der Waals surface area contributed by atoms with Gasteiger partial charge in [-0.05, 0) is 19.3 Å². The zero-order chi connectivity index (χ0) is 14.9. The summed E-state index contributed by atoms with van der Waals surface area (Å²) in [6.45, 7) is 6.62. The Labute approximate surface area is 117 Å². The molecule has 0 saturated heterocycles. The molecule has 19 heavy (non-hydrogen) atoms. The molecule has 114 valence electrons. The Kier molecular flexibility index (Phi) is 18.1. The first-order valence-corrected chi connectivity index (χ1v) is 7.45. The highest BCUT2D eigenvalue weighted by atomic mass is 16.5. The lowest BCUT2D eigenvalue weighted by Crippen LogP contribution is -2.04. The van der Waals surface area contributed by atoms with E-state index >= 15 is 0 Å². The second kappa shape index (κ2) is 16.9. The van der Waals surface area contributed by atoms with Gasteiger partial charge in [0.25, 0.3) is 0 Å². The highest BCUT2D eigenvalue weighted by Crippen LogP contribution is 2.05.